The van der Waals surface area contributed by atoms with Gasteiger partial charge in [-0.2, -0.15) is 0 Å². The molecule has 1 unspecified atom stereocenters. The SMILES string of the molecule is Cc1cc(OC2CCN(C(=O)COc3ccc(Cl)cc3Cl)C2)cc(=O)o1. The summed E-state index contributed by atoms with van der Waals surface area (Å²) in [5.41, 5.74) is -0.459. The number of nitrogens with zero attached hydrogens (tertiary/aromatic N) is 1. The van der Waals surface area contributed by atoms with Crippen LogP contribution in [0.25, 0.3) is 0 Å². The monoisotopic (exact) mass is 397 g/mol. The minimum atomic E-state index is -0.459. The average molecular weight is 398 g/mol. The van der Waals surface area contributed by atoms with Crippen molar-refractivity contribution < 1.29 is 18.7 Å². The molecular weight excluding hydrogens is 381 g/mol. The van der Waals surface area contributed by atoms with Gasteiger partial charge in [-0.3, -0.25) is 4.79 Å². The summed E-state index contributed by atoms with van der Waals surface area (Å²) >= 11 is 11.9. The molecule has 1 atom stereocenters. The van der Waals surface area contributed by atoms with Crippen molar-refractivity contribution in [2.45, 2.75) is 19.4 Å². The van der Waals surface area contributed by atoms with Crippen molar-refractivity contribution in [3.63, 3.8) is 0 Å². The van der Waals surface area contributed by atoms with E-state index < -0.39 is 5.63 Å². The fraction of sp³-hybridized carbons (Fsp3) is 0.333. The van der Waals surface area contributed by atoms with Gasteiger partial charge in [0, 0.05) is 24.1 Å². The van der Waals surface area contributed by atoms with Gasteiger partial charge in [-0.25, -0.2) is 4.79 Å². The van der Waals surface area contributed by atoms with Crippen molar-refractivity contribution in [3.8, 4) is 11.5 Å². The maximum atomic E-state index is 12.3. The van der Waals surface area contributed by atoms with Crippen molar-refractivity contribution in [3.05, 3.63) is 56.6 Å². The van der Waals surface area contributed by atoms with Gasteiger partial charge in [-0.15, -0.1) is 0 Å². The van der Waals surface area contributed by atoms with Crippen LogP contribution >= 0.6 is 23.2 Å². The van der Waals surface area contributed by atoms with E-state index in [2.05, 4.69) is 0 Å². The molecule has 3 rings (SSSR count). The molecule has 0 N–H and O–H groups in total. The highest BCUT2D eigenvalue weighted by molar-refractivity contribution is 6.35. The topological polar surface area (TPSA) is 69.0 Å². The summed E-state index contributed by atoms with van der Waals surface area (Å²) in [6.07, 6.45) is 0.492. The van der Waals surface area contributed by atoms with Crippen LogP contribution in [0.2, 0.25) is 10.0 Å². The highest BCUT2D eigenvalue weighted by Gasteiger charge is 2.28. The first-order chi connectivity index (χ1) is 12.4. The highest BCUT2D eigenvalue weighted by atomic mass is 35.5. The van der Waals surface area contributed by atoms with Gasteiger partial charge in [-0.1, -0.05) is 23.2 Å². The minimum absolute atomic E-state index is 0.123. The van der Waals surface area contributed by atoms with E-state index in [4.69, 9.17) is 37.1 Å². The molecule has 1 fully saturated rings. The molecule has 0 radical (unpaired) electrons. The molecule has 8 heteroatoms. The lowest BCUT2D eigenvalue weighted by Gasteiger charge is -2.18. The van der Waals surface area contributed by atoms with Gasteiger partial charge >= 0.3 is 5.63 Å². The Morgan fingerprint density at radius 1 is 1.31 bits per heavy atom. The Hall–Kier alpha value is -2.18. The Labute approximate surface area is 160 Å². The maximum Gasteiger partial charge on any atom is 0.339 e. The zero-order valence-corrected chi connectivity index (χ0v) is 15.5. The lowest BCUT2D eigenvalue weighted by molar-refractivity contribution is -0.132. The molecule has 1 aromatic carbocycles. The second kappa shape index (κ2) is 8.01. The van der Waals surface area contributed by atoms with Crippen LogP contribution in [0.4, 0.5) is 0 Å². The number of likely N-dealkylation sites (tertiary alicyclic amines) is 1. The Balaban J connectivity index is 1.53. The summed E-state index contributed by atoms with van der Waals surface area (Å²) < 4.78 is 16.2. The number of hydrogen-bond donors (Lipinski definition) is 0. The quantitative estimate of drug-likeness (QED) is 0.773. The van der Waals surface area contributed by atoms with E-state index in [1.807, 2.05) is 0 Å². The summed E-state index contributed by atoms with van der Waals surface area (Å²) in [7, 11) is 0. The van der Waals surface area contributed by atoms with Gasteiger partial charge in [0.05, 0.1) is 17.6 Å². The molecule has 1 saturated heterocycles. The number of ether oxygens (including phenoxy) is 2. The summed E-state index contributed by atoms with van der Waals surface area (Å²) in [5, 5.41) is 0.851. The molecule has 1 amide bonds. The number of carbonyl (C=O) groups excluding carboxylic acids is 1. The third kappa shape index (κ3) is 4.71. The van der Waals surface area contributed by atoms with E-state index in [-0.39, 0.29) is 18.6 Å². The molecular formula is C18H17Cl2NO5. The first kappa shape index (κ1) is 18.6. The second-order valence-corrected chi connectivity index (χ2v) is 6.80. The minimum Gasteiger partial charge on any atom is -0.488 e. The molecule has 0 saturated carbocycles. The van der Waals surface area contributed by atoms with Gasteiger partial charge in [0.15, 0.2) is 6.61 Å². The van der Waals surface area contributed by atoms with Crippen LogP contribution in [-0.2, 0) is 4.79 Å². The van der Waals surface area contributed by atoms with Crippen molar-refractivity contribution >= 4 is 29.1 Å². The van der Waals surface area contributed by atoms with Crippen LogP contribution in [0.5, 0.6) is 11.5 Å². The maximum absolute atomic E-state index is 12.3. The molecule has 0 aliphatic carbocycles. The predicted molar refractivity (Wildman–Crippen MR) is 97.3 cm³/mol. The van der Waals surface area contributed by atoms with Crippen LogP contribution in [0.15, 0.2) is 39.5 Å². The lowest BCUT2D eigenvalue weighted by atomic mass is 10.3. The third-order valence-corrected chi connectivity index (χ3v) is 4.44. The summed E-state index contributed by atoms with van der Waals surface area (Å²) in [6.45, 7) is 2.54. The van der Waals surface area contributed by atoms with Crippen LogP contribution in [0.3, 0.4) is 0 Å². The van der Waals surface area contributed by atoms with E-state index >= 15 is 0 Å². The zero-order chi connectivity index (χ0) is 18.7. The Kier molecular flexibility index (Phi) is 5.74. The van der Waals surface area contributed by atoms with Crippen LogP contribution < -0.4 is 15.1 Å². The molecule has 6 nitrogen and oxygen atoms in total. The molecule has 0 spiro atoms. The number of amides is 1. The van der Waals surface area contributed by atoms with Gasteiger partial charge in [0.1, 0.15) is 23.4 Å². The average Bonchev–Trinajstić information content (AvgIpc) is 3.01. The number of aryl methyl sites for hydroxylation is 1. The third-order valence-electron chi connectivity index (χ3n) is 3.91. The molecule has 2 aromatic rings. The smallest absolute Gasteiger partial charge is 0.339 e. The molecule has 1 aromatic heterocycles. The van der Waals surface area contributed by atoms with Crippen LogP contribution in [0.1, 0.15) is 12.2 Å². The van der Waals surface area contributed by atoms with Crippen molar-refractivity contribution in [1.82, 2.24) is 4.90 Å². The highest BCUT2D eigenvalue weighted by Crippen LogP contribution is 2.27. The standard InChI is InChI=1S/C18H17Cl2NO5/c1-11-6-14(8-18(23)25-11)26-13-4-5-21(9-13)17(22)10-24-16-3-2-12(19)7-15(16)20/h2-3,6-8,13H,4-5,9-10H2,1H3. The van der Waals surface area contributed by atoms with Gasteiger partial charge < -0.3 is 18.8 Å². The molecule has 1 aliphatic heterocycles. The van der Waals surface area contributed by atoms with Crippen molar-refractivity contribution in [2.75, 3.05) is 19.7 Å². The fourth-order valence-electron chi connectivity index (χ4n) is 2.71. The Morgan fingerprint density at radius 2 is 2.12 bits per heavy atom. The van der Waals surface area contributed by atoms with Gasteiger partial charge in [-0.05, 0) is 25.1 Å². The van der Waals surface area contributed by atoms with Crippen molar-refractivity contribution in [1.29, 1.82) is 0 Å². The van der Waals surface area contributed by atoms with E-state index in [1.165, 1.54) is 6.07 Å². The molecule has 0 bridgehead atoms. The largest absolute Gasteiger partial charge is 0.488 e. The van der Waals surface area contributed by atoms with E-state index in [0.717, 1.165) is 0 Å². The Morgan fingerprint density at radius 3 is 2.85 bits per heavy atom. The molecule has 138 valence electrons. The van der Waals surface area contributed by atoms with Crippen LogP contribution in [0, 0.1) is 6.92 Å². The molecule has 2 heterocycles. The van der Waals surface area contributed by atoms with Crippen molar-refractivity contribution in [2.24, 2.45) is 0 Å². The molecule has 1 aliphatic rings. The van der Waals surface area contributed by atoms with E-state index in [0.29, 0.717) is 46.8 Å². The number of halogens is 2. The number of benzene rings is 1. The normalized spacial score (nSPS) is 16.6. The summed E-state index contributed by atoms with van der Waals surface area (Å²) in [6, 6.07) is 7.77. The molecule has 26 heavy (non-hydrogen) atoms. The van der Waals surface area contributed by atoms with Gasteiger partial charge in [0.2, 0.25) is 0 Å². The Bertz CT molecular complexity index is 867. The lowest BCUT2D eigenvalue weighted by Crippen LogP contribution is -2.34. The zero-order valence-electron chi connectivity index (χ0n) is 14.0. The summed E-state index contributed by atoms with van der Waals surface area (Å²) in [4.78, 5) is 25.4. The second-order valence-electron chi connectivity index (χ2n) is 5.95. The summed E-state index contributed by atoms with van der Waals surface area (Å²) in [5.74, 6) is 1.17. The number of rotatable bonds is 5. The first-order valence-corrected chi connectivity index (χ1v) is 8.80. The first-order valence-electron chi connectivity index (χ1n) is 8.05. The van der Waals surface area contributed by atoms with E-state index in [9.17, 15) is 9.59 Å². The number of carbonyl (C=O) groups is 1. The van der Waals surface area contributed by atoms with Crippen LogP contribution in [-0.4, -0.2) is 36.6 Å². The predicted octanol–water partition coefficient (Wildman–Crippen LogP) is 3.31. The number of hydrogen-bond acceptors (Lipinski definition) is 5. The van der Waals surface area contributed by atoms with Gasteiger partial charge in [0.25, 0.3) is 5.91 Å². The fourth-order valence-corrected chi connectivity index (χ4v) is 3.17. The van der Waals surface area contributed by atoms with E-state index in [1.54, 1.807) is 36.1 Å².